The first-order chi connectivity index (χ1) is 12.6. The van der Waals surface area contributed by atoms with Gasteiger partial charge in [0, 0.05) is 30.1 Å². The van der Waals surface area contributed by atoms with Gasteiger partial charge in [0.05, 0.1) is 12.8 Å². The average molecular weight is 356 g/mol. The van der Waals surface area contributed by atoms with E-state index in [1.165, 1.54) is 23.8 Å². The Morgan fingerprint density at radius 3 is 2.85 bits per heavy atom. The van der Waals surface area contributed by atoms with Crippen molar-refractivity contribution in [3.63, 3.8) is 0 Å². The summed E-state index contributed by atoms with van der Waals surface area (Å²) in [6, 6.07) is 9.45. The van der Waals surface area contributed by atoms with Gasteiger partial charge in [-0.3, -0.25) is 9.69 Å². The molecule has 2 fully saturated rings. The summed E-state index contributed by atoms with van der Waals surface area (Å²) < 4.78 is 5.63. The van der Waals surface area contributed by atoms with Gasteiger partial charge in [0.1, 0.15) is 5.58 Å². The molecule has 0 aliphatic heterocycles. The lowest BCUT2D eigenvalue weighted by Gasteiger charge is -2.44. The molecule has 0 saturated heterocycles. The van der Waals surface area contributed by atoms with Crippen LogP contribution in [0.5, 0.6) is 0 Å². The van der Waals surface area contributed by atoms with Crippen LogP contribution in [0, 0.1) is 5.92 Å². The minimum Gasteiger partial charge on any atom is -0.480 e. The molecule has 0 amide bonds. The number of carboxylic acid groups (broad SMARTS) is 1. The minimum absolute atomic E-state index is 0.185. The molecule has 0 bridgehead atoms. The van der Waals surface area contributed by atoms with Crippen LogP contribution >= 0.6 is 0 Å². The smallest absolute Gasteiger partial charge is 0.317 e. The van der Waals surface area contributed by atoms with Crippen molar-refractivity contribution < 1.29 is 14.3 Å². The monoisotopic (exact) mass is 356 g/mol. The Morgan fingerprint density at radius 2 is 2.12 bits per heavy atom. The SMILES string of the molecule is CC(Cc1coc2ccccc12)NC1CC(N(CC(=O)O)CC2CC2)C1. The summed E-state index contributed by atoms with van der Waals surface area (Å²) in [6.45, 7) is 3.36. The number of rotatable bonds is 9. The van der Waals surface area contributed by atoms with E-state index in [9.17, 15) is 4.79 Å². The number of aliphatic carboxylic acids is 1. The fourth-order valence-electron chi connectivity index (χ4n) is 4.15. The quantitative estimate of drug-likeness (QED) is 0.722. The van der Waals surface area contributed by atoms with Crippen molar-refractivity contribution in [1.29, 1.82) is 0 Å². The highest BCUT2D eigenvalue weighted by molar-refractivity contribution is 5.80. The summed E-state index contributed by atoms with van der Waals surface area (Å²) in [5.74, 6) is 0.0249. The second-order valence-corrected chi connectivity index (χ2v) is 8.12. The average Bonchev–Trinajstić information content (AvgIpc) is 3.29. The molecule has 0 radical (unpaired) electrons. The van der Waals surface area contributed by atoms with Crippen LogP contribution in [-0.4, -0.2) is 47.2 Å². The number of nitrogens with zero attached hydrogens (tertiary/aromatic N) is 1. The highest BCUT2D eigenvalue weighted by Gasteiger charge is 2.37. The highest BCUT2D eigenvalue weighted by Crippen LogP contribution is 2.34. The number of benzene rings is 1. The van der Waals surface area contributed by atoms with Crippen LogP contribution < -0.4 is 5.32 Å². The molecule has 2 aromatic rings. The molecule has 2 saturated carbocycles. The standard InChI is InChI=1S/C21H28N2O3/c1-14(8-16-13-26-20-5-3-2-4-19(16)20)22-17-9-18(10-17)23(12-21(24)25)11-15-6-7-15/h2-5,13-15,17-18,22H,6-12H2,1H3,(H,24,25). The summed E-state index contributed by atoms with van der Waals surface area (Å²) in [4.78, 5) is 13.3. The van der Waals surface area contributed by atoms with Crippen LogP contribution in [0.15, 0.2) is 34.9 Å². The zero-order valence-electron chi connectivity index (χ0n) is 15.4. The van der Waals surface area contributed by atoms with Gasteiger partial charge in [0.15, 0.2) is 0 Å². The Hall–Kier alpha value is -1.85. The van der Waals surface area contributed by atoms with E-state index >= 15 is 0 Å². The first kappa shape index (κ1) is 17.6. The maximum atomic E-state index is 11.1. The summed E-state index contributed by atoms with van der Waals surface area (Å²) in [7, 11) is 0. The van der Waals surface area contributed by atoms with Gasteiger partial charge in [-0.05, 0) is 56.6 Å². The molecule has 1 heterocycles. The number of hydrogen-bond acceptors (Lipinski definition) is 4. The number of nitrogens with one attached hydrogen (secondary N) is 1. The summed E-state index contributed by atoms with van der Waals surface area (Å²) >= 11 is 0. The lowest BCUT2D eigenvalue weighted by molar-refractivity contribution is -0.139. The van der Waals surface area contributed by atoms with Gasteiger partial charge in [-0.2, -0.15) is 0 Å². The second kappa shape index (κ2) is 7.41. The van der Waals surface area contributed by atoms with Crippen molar-refractivity contribution in [3.8, 4) is 0 Å². The molecule has 0 spiro atoms. The van der Waals surface area contributed by atoms with Crippen LogP contribution in [0.1, 0.15) is 38.2 Å². The van der Waals surface area contributed by atoms with Crippen molar-refractivity contribution in [2.75, 3.05) is 13.1 Å². The lowest BCUT2D eigenvalue weighted by atomic mass is 9.84. The van der Waals surface area contributed by atoms with Gasteiger partial charge in [-0.15, -0.1) is 0 Å². The molecule has 5 heteroatoms. The fraction of sp³-hybridized carbons (Fsp3) is 0.571. The van der Waals surface area contributed by atoms with Crippen molar-refractivity contribution in [2.45, 2.75) is 57.2 Å². The van der Waals surface area contributed by atoms with Crippen LogP contribution in [-0.2, 0) is 11.2 Å². The van der Waals surface area contributed by atoms with E-state index < -0.39 is 5.97 Å². The molecule has 2 N–H and O–H groups in total. The molecule has 5 nitrogen and oxygen atoms in total. The van der Waals surface area contributed by atoms with Gasteiger partial charge in [0.2, 0.25) is 0 Å². The predicted molar refractivity (Wildman–Crippen MR) is 101 cm³/mol. The Morgan fingerprint density at radius 1 is 1.35 bits per heavy atom. The van der Waals surface area contributed by atoms with E-state index in [-0.39, 0.29) is 6.54 Å². The number of fused-ring (bicyclic) bond motifs is 1. The zero-order valence-corrected chi connectivity index (χ0v) is 15.4. The normalized spacial score (nSPS) is 23.9. The summed E-state index contributed by atoms with van der Waals surface area (Å²) in [5.41, 5.74) is 2.19. The maximum absolute atomic E-state index is 11.1. The number of para-hydroxylation sites is 1. The van der Waals surface area contributed by atoms with Crippen molar-refractivity contribution in [3.05, 3.63) is 36.1 Å². The van der Waals surface area contributed by atoms with Crippen molar-refractivity contribution in [1.82, 2.24) is 10.2 Å². The van der Waals surface area contributed by atoms with E-state index in [1.54, 1.807) is 0 Å². The summed E-state index contributed by atoms with van der Waals surface area (Å²) in [6.07, 6.45) is 7.45. The molecule has 140 valence electrons. The second-order valence-electron chi connectivity index (χ2n) is 8.12. The molecule has 2 aliphatic carbocycles. The number of furan rings is 1. The highest BCUT2D eigenvalue weighted by atomic mass is 16.4. The third-order valence-corrected chi connectivity index (χ3v) is 5.77. The first-order valence-corrected chi connectivity index (χ1v) is 9.75. The van der Waals surface area contributed by atoms with E-state index in [2.05, 4.69) is 23.2 Å². The molecular formula is C21H28N2O3. The Labute approximate surface area is 154 Å². The minimum atomic E-state index is -0.706. The molecule has 1 unspecified atom stereocenters. The van der Waals surface area contributed by atoms with E-state index in [0.717, 1.165) is 37.3 Å². The number of carbonyl (C=O) groups is 1. The fourth-order valence-corrected chi connectivity index (χ4v) is 4.15. The van der Waals surface area contributed by atoms with Crippen LogP contribution in [0.3, 0.4) is 0 Å². The molecule has 4 rings (SSSR count). The lowest BCUT2D eigenvalue weighted by Crippen LogP contribution is -2.56. The molecule has 1 aromatic carbocycles. The van der Waals surface area contributed by atoms with E-state index in [0.29, 0.717) is 18.1 Å². The third-order valence-electron chi connectivity index (χ3n) is 5.77. The van der Waals surface area contributed by atoms with Crippen molar-refractivity contribution in [2.24, 2.45) is 5.92 Å². The molecule has 26 heavy (non-hydrogen) atoms. The van der Waals surface area contributed by atoms with Gasteiger partial charge < -0.3 is 14.8 Å². The van der Waals surface area contributed by atoms with E-state index in [4.69, 9.17) is 9.52 Å². The molecule has 2 aliphatic rings. The summed E-state index contributed by atoms with van der Waals surface area (Å²) in [5, 5.41) is 14.1. The van der Waals surface area contributed by atoms with Gasteiger partial charge in [0.25, 0.3) is 0 Å². The Balaban J connectivity index is 1.27. The van der Waals surface area contributed by atoms with Crippen molar-refractivity contribution >= 4 is 16.9 Å². The first-order valence-electron chi connectivity index (χ1n) is 9.75. The van der Waals surface area contributed by atoms with Crippen LogP contribution in [0.25, 0.3) is 11.0 Å². The van der Waals surface area contributed by atoms with Crippen LogP contribution in [0.2, 0.25) is 0 Å². The molecule has 1 atom stereocenters. The Kier molecular flexibility index (Phi) is 5.00. The van der Waals surface area contributed by atoms with E-state index in [1.807, 2.05) is 24.5 Å². The molecular weight excluding hydrogens is 328 g/mol. The predicted octanol–water partition coefficient (Wildman–Crippen LogP) is 3.28. The topological polar surface area (TPSA) is 65.7 Å². The largest absolute Gasteiger partial charge is 0.480 e. The zero-order chi connectivity index (χ0) is 18.1. The number of carboxylic acids is 1. The van der Waals surface area contributed by atoms with Gasteiger partial charge in [-0.25, -0.2) is 0 Å². The van der Waals surface area contributed by atoms with Gasteiger partial charge in [-0.1, -0.05) is 18.2 Å². The molecule has 1 aromatic heterocycles. The Bertz CT molecular complexity index is 761. The third kappa shape index (κ3) is 4.10. The van der Waals surface area contributed by atoms with Crippen LogP contribution in [0.4, 0.5) is 0 Å². The van der Waals surface area contributed by atoms with Gasteiger partial charge >= 0.3 is 5.97 Å². The number of hydrogen-bond donors (Lipinski definition) is 2. The maximum Gasteiger partial charge on any atom is 0.317 e.